The van der Waals surface area contributed by atoms with Crippen LogP contribution < -0.4 is 0 Å². The molecular formula is C21H25NO. The van der Waals surface area contributed by atoms with Gasteiger partial charge in [-0.1, -0.05) is 73.5 Å². The van der Waals surface area contributed by atoms with E-state index in [0.29, 0.717) is 12.3 Å². The van der Waals surface area contributed by atoms with Crippen molar-refractivity contribution >= 4 is 5.91 Å². The van der Waals surface area contributed by atoms with Gasteiger partial charge in [-0.3, -0.25) is 4.79 Å². The van der Waals surface area contributed by atoms with Crippen LogP contribution in [0.3, 0.4) is 0 Å². The van der Waals surface area contributed by atoms with Crippen molar-refractivity contribution < 1.29 is 4.79 Å². The van der Waals surface area contributed by atoms with Crippen molar-refractivity contribution in [1.29, 1.82) is 0 Å². The number of benzene rings is 2. The lowest BCUT2D eigenvalue weighted by molar-refractivity contribution is -0.131. The van der Waals surface area contributed by atoms with Gasteiger partial charge in [-0.25, -0.2) is 0 Å². The predicted molar refractivity (Wildman–Crippen MR) is 94.4 cm³/mol. The van der Waals surface area contributed by atoms with E-state index >= 15 is 0 Å². The number of hydrogen-bond donors (Lipinski definition) is 0. The summed E-state index contributed by atoms with van der Waals surface area (Å²) >= 11 is 0. The van der Waals surface area contributed by atoms with Gasteiger partial charge in [0.1, 0.15) is 0 Å². The fraction of sp³-hybridized carbons (Fsp3) is 0.381. The van der Waals surface area contributed by atoms with Gasteiger partial charge in [0.15, 0.2) is 0 Å². The first-order valence-electron chi connectivity index (χ1n) is 8.72. The molecule has 1 amide bonds. The van der Waals surface area contributed by atoms with Crippen LogP contribution in [0.25, 0.3) is 0 Å². The van der Waals surface area contributed by atoms with E-state index in [0.717, 1.165) is 25.9 Å². The maximum Gasteiger partial charge on any atom is 0.223 e. The maximum absolute atomic E-state index is 12.8. The third-order valence-corrected chi connectivity index (χ3v) is 4.74. The summed E-state index contributed by atoms with van der Waals surface area (Å²) in [5.74, 6) is 0.442. The minimum Gasteiger partial charge on any atom is -0.343 e. The SMILES string of the molecule is O=C(CC(c1ccccc1)c1ccccc1)N1CCCCCC1. The quantitative estimate of drug-likeness (QED) is 0.807. The number of carbonyl (C=O) groups is 1. The molecule has 0 aromatic heterocycles. The van der Waals surface area contributed by atoms with Crippen LogP contribution in [0.1, 0.15) is 49.1 Å². The molecule has 3 rings (SSSR count). The zero-order valence-electron chi connectivity index (χ0n) is 13.7. The van der Waals surface area contributed by atoms with Gasteiger partial charge in [0.2, 0.25) is 5.91 Å². The van der Waals surface area contributed by atoms with E-state index in [-0.39, 0.29) is 5.92 Å². The van der Waals surface area contributed by atoms with E-state index < -0.39 is 0 Å². The Labute approximate surface area is 139 Å². The van der Waals surface area contributed by atoms with Crippen LogP contribution in [-0.2, 0) is 4.79 Å². The van der Waals surface area contributed by atoms with E-state index in [9.17, 15) is 4.79 Å². The van der Waals surface area contributed by atoms with E-state index in [1.54, 1.807) is 0 Å². The Morgan fingerprint density at radius 3 is 1.74 bits per heavy atom. The van der Waals surface area contributed by atoms with Crippen LogP contribution >= 0.6 is 0 Å². The van der Waals surface area contributed by atoms with Crippen molar-refractivity contribution in [1.82, 2.24) is 4.90 Å². The van der Waals surface area contributed by atoms with Crippen molar-refractivity contribution in [2.75, 3.05) is 13.1 Å². The van der Waals surface area contributed by atoms with Crippen LogP contribution in [0.15, 0.2) is 60.7 Å². The van der Waals surface area contributed by atoms with E-state index in [4.69, 9.17) is 0 Å². The number of carbonyl (C=O) groups excluding carboxylic acids is 1. The molecule has 2 nitrogen and oxygen atoms in total. The van der Waals surface area contributed by atoms with Crippen LogP contribution in [0.2, 0.25) is 0 Å². The average Bonchev–Trinajstić information content (AvgIpc) is 2.90. The summed E-state index contributed by atoms with van der Waals surface area (Å²) in [6.45, 7) is 1.85. The monoisotopic (exact) mass is 307 g/mol. The fourth-order valence-electron chi connectivity index (χ4n) is 3.42. The molecule has 1 aliphatic rings. The molecule has 1 aliphatic heterocycles. The molecule has 0 N–H and O–H groups in total. The zero-order chi connectivity index (χ0) is 15.9. The van der Waals surface area contributed by atoms with Crippen molar-refractivity contribution in [2.24, 2.45) is 0 Å². The van der Waals surface area contributed by atoms with Crippen molar-refractivity contribution in [3.63, 3.8) is 0 Å². The Morgan fingerprint density at radius 2 is 1.26 bits per heavy atom. The Balaban J connectivity index is 1.80. The van der Waals surface area contributed by atoms with Gasteiger partial charge in [-0.2, -0.15) is 0 Å². The lowest BCUT2D eigenvalue weighted by Crippen LogP contribution is -2.32. The Hall–Kier alpha value is -2.09. The molecule has 120 valence electrons. The molecule has 0 unspecified atom stereocenters. The first-order valence-corrected chi connectivity index (χ1v) is 8.72. The molecule has 1 saturated heterocycles. The molecule has 23 heavy (non-hydrogen) atoms. The molecule has 2 heteroatoms. The normalized spacial score (nSPS) is 15.4. The standard InChI is InChI=1S/C21H25NO/c23-21(22-15-9-1-2-10-16-22)17-20(18-11-5-3-6-12-18)19-13-7-4-8-14-19/h3-8,11-14,20H,1-2,9-10,15-17H2. The van der Waals surface area contributed by atoms with E-state index in [1.165, 1.54) is 24.0 Å². The second kappa shape index (κ2) is 7.96. The second-order valence-corrected chi connectivity index (χ2v) is 6.37. The first-order chi connectivity index (χ1) is 11.3. The smallest absolute Gasteiger partial charge is 0.223 e. The summed E-state index contributed by atoms with van der Waals surface area (Å²) in [6, 6.07) is 20.8. The highest BCUT2D eigenvalue weighted by molar-refractivity contribution is 5.77. The lowest BCUT2D eigenvalue weighted by Gasteiger charge is -2.24. The molecule has 0 spiro atoms. The van der Waals surface area contributed by atoms with Crippen molar-refractivity contribution in [2.45, 2.75) is 38.0 Å². The summed E-state index contributed by atoms with van der Waals surface area (Å²) in [5, 5.41) is 0. The highest BCUT2D eigenvalue weighted by Gasteiger charge is 2.22. The summed E-state index contributed by atoms with van der Waals surface area (Å²) in [5.41, 5.74) is 2.45. The highest BCUT2D eigenvalue weighted by Crippen LogP contribution is 2.29. The third-order valence-electron chi connectivity index (χ3n) is 4.74. The topological polar surface area (TPSA) is 20.3 Å². The number of rotatable bonds is 4. The van der Waals surface area contributed by atoms with Crippen LogP contribution in [0, 0.1) is 0 Å². The molecule has 2 aromatic carbocycles. The molecule has 1 fully saturated rings. The lowest BCUT2D eigenvalue weighted by atomic mass is 9.88. The largest absolute Gasteiger partial charge is 0.343 e. The van der Waals surface area contributed by atoms with Gasteiger partial charge in [-0.15, -0.1) is 0 Å². The Bertz CT molecular complexity index is 561. The van der Waals surface area contributed by atoms with Crippen LogP contribution in [0.4, 0.5) is 0 Å². The molecule has 0 saturated carbocycles. The van der Waals surface area contributed by atoms with Crippen molar-refractivity contribution in [3.05, 3.63) is 71.8 Å². The zero-order valence-corrected chi connectivity index (χ0v) is 13.7. The third kappa shape index (κ3) is 4.22. The number of hydrogen-bond acceptors (Lipinski definition) is 1. The maximum atomic E-state index is 12.8. The molecule has 1 heterocycles. The van der Waals surface area contributed by atoms with Crippen LogP contribution in [0.5, 0.6) is 0 Å². The van der Waals surface area contributed by atoms with E-state index in [1.807, 2.05) is 12.1 Å². The summed E-state index contributed by atoms with van der Waals surface area (Å²) in [6.07, 6.45) is 5.36. The molecular weight excluding hydrogens is 282 g/mol. The molecule has 0 bridgehead atoms. The van der Waals surface area contributed by atoms with Gasteiger partial charge in [0.05, 0.1) is 0 Å². The summed E-state index contributed by atoms with van der Waals surface area (Å²) < 4.78 is 0. The van der Waals surface area contributed by atoms with Gasteiger partial charge in [-0.05, 0) is 24.0 Å². The van der Waals surface area contributed by atoms with Crippen LogP contribution in [-0.4, -0.2) is 23.9 Å². The number of nitrogens with zero attached hydrogens (tertiary/aromatic N) is 1. The molecule has 2 aromatic rings. The Kier molecular flexibility index (Phi) is 5.46. The second-order valence-electron chi connectivity index (χ2n) is 6.37. The van der Waals surface area contributed by atoms with E-state index in [2.05, 4.69) is 53.4 Å². The van der Waals surface area contributed by atoms with Gasteiger partial charge >= 0.3 is 0 Å². The minimum atomic E-state index is 0.146. The number of likely N-dealkylation sites (tertiary alicyclic amines) is 1. The molecule has 0 atom stereocenters. The highest BCUT2D eigenvalue weighted by atomic mass is 16.2. The van der Waals surface area contributed by atoms with Gasteiger partial charge in [0.25, 0.3) is 0 Å². The Morgan fingerprint density at radius 1 is 0.783 bits per heavy atom. The fourth-order valence-corrected chi connectivity index (χ4v) is 3.42. The molecule has 0 aliphatic carbocycles. The predicted octanol–water partition coefficient (Wildman–Crippen LogP) is 4.61. The molecule has 0 radical (unpaired) electrons. The first kappa shape index (κ1) is 15.8. The van der Waals surface area contributed by atoms with Gasteiger partial charge < -0.3 is 4.90 Å². The minimum absolute atomic E-state index is 0.146. The summed E-state index contributed by atoms with van der Waals surface area (Å²) in [4.78, 5) is 14.9. The summed E-state index contributed by atoms with van der Waals surface area (Å²) in [7, 11) is 0. The van der Waals surface area contributed by atoms with Gasteiger partial charge in [0, 0.05) is 25.4 Å². The average molecular weight is 307 g/mol. The number of amides is 1. The van der Waals surface area contributed by atoms with Crippen molar-refractivity contribution in [3.8, 4) is 0 Å².